The maximum atomic E-state index is 11.0. The highest BCUT2D eigenvalue weighted by Gasteiger charge is 2.12. The van der Waals surface area contributed by atoms with Crippen molar-refractivity contribution in [3.63, 3.8) is 0 Å². The zero-order valence-corrected chi connectivity index (χ0v) is 12.8. The van der Waals surface area contributed by atoms with Gasteiger partial charge in [-0.25, -0.2) is 9.78 Å². The topological polar surface area (TPSA) is 90.2 Å². The Bertz CT molecular complexity index is 728. The van der Waals surface area contributed by atoms with Crippen LogP contribution in [0.15, 0.2) is 30.7 Å². The molecular weight excluding hydrogens is 280 g/mol. The highest BCUT2D eigenvalue weighted by Crippen LogP contribution is 2.25. The van der Waals surface area contributed by atoms with Crippen LogP contribution >= 0.6 is 0 Å². The van der Waals surface area contributed by atoms with Crippen LogP contribution in [0.5, 0.6) is 0 Å². The van der Waals surface area contributed by atoms with E-state index in [9.17, 15) is 4.79 Å². The fraction of sp³-hybridized carbons (Fsp3) is 0.250. The Kier molecular flexibility index (Phi) is 4.50. The second-order valence-electron chi connectivity index (χ2n) is 4.97. The van der Waals surface area contributed by atoms with Crippen molar-refractivity contribution in [2.24, 2.45) is 0 Å². The molecule has 22 heavy (non-hydrogen) atoms. The minimum absolute atomic E-state index is 0.145. The maximum absolute atomic E-state index is 11.0. The highest BCUT2D eigenvalue weighted by atomic mass is 16.4. The van der Waals surface area contributed by atoms with Gasteiger partial charge in [0.1, 0.15) is 5.82 Å². The SMILES string of the molecule is CCc1cc(-c2cncc(C(=O)O)c2)cnc1N(C)C(C)=N. The second kappa shape index (κ2) is 6.34. The lowest BCUT2D eigenvalue weighted by Gasteiger charge is -2.20. The molecule has 0 aliphatic heterocycles. The molecule has 2 rings (SSSR count). The Morgan fingerprint density at radius 3 is 2.55 bits per heavy atom. The van der Waals surface area contributed by atoms with E-state index in [0.29, 0.717) is 11.4 Å². The Morgan fingerprint density at radius 2 is 1.95 bits per heavy atom. The number of carboxylic acids is 1. The van der Waals surface area contributed by atoms with Crippen molar-refractivity contribution in [3.05, 3.63) is 41.9 Å². The monoisotopic (exact) mass is 298 g/mol. The van der Waals surface area contributed by atoms with E-state index >= 15 is 0 Å². The van der Waals surface area contributed by atoms with E-state index in [-0.39, 0.29) is 5.56 Å². The highest BCUT2D eigenvalue weighted by molar-refractivity contribution is 5.93. The second-order valence-corrected chi connectivity index (χ2v) is 4.97. The predicted molar refractivity (Wildman–Crippen MR) is 85.6 cm³/mol. The van der Waals surface area contributed by atoms with Gasteiger partial charge in [-0.1, -0.05) is 6.92 Å². The van der Waals surface area contributed by atoms with Crippen molar-refractivity contribution >= 4 is 17.6 Å². The summed E-state index contributed by atoms with van der Waals surface area (Å²) in [6.45, 7) is 3.72. The van der Waals surface area contributed by atoms with Crippen molar-refractivity contribution in [3.8, 4) is 11.1 Å². The summed E-state index contributed by atoms with van der Waals surface area (Å²) in [6, 6.07) is 3.54. The quantitative estimate of drug-likeness (QED) is 0.669. The summed E-state index contributed by atoms with van der Waals surface area (Å²) in [6.07, 6.45) is 5.38. The number of aryl methyl sites for hydroxylation is 1. The van der Waals surface area contributed by atoms with E-state index in [1.54, 1.807) is 37.3 Å². The first-order valence-corrected chi connectivity index (χ1v) is 6.90. The molecule has 2 N–H and O–H groups in total. The van der Waals surface area contributed by atoms with Crippen LogP contribution in [-0.2, 0) is 6.42 Å². The van der Waals surface area contributed by atoms with Crippen molar-refractivity contribution in [2.75, 3.05) is 11.9 Å². The maximum Gasteiger partial charge on any atom is 0.337 e. The summed E-state index contributed by atoms with van der Waals surface area (Å²) < 4.78 is 0. The van der Waals surface area contributed by atoms with Gasteiger partial charge in [0.15, 0.2) is 0 Å². The molecule has 6 nitrogen and oxygen atoms in total. The molecule has 0 aromatic carbocycles. The summed E-state index contributed by atoms with van der Waals surface area (Å²) >= 11 is 0. The van der Waals surface area contributed by atoms with Gasteiger partial charge in [0.25, 0.3) is 0 Å². The van der Waals surface area contributed by atoms with Crippen LogP contribution < -0.4 is 4.90 Å². The lowest BCUT2D eigenvalue weighted by molar-refractivity contribution is 0.0696. The van der Waals surface area contributed by atoms with Gasteiger partial charge in [0.2, 0.25) is 0 Å². The van der Waals surface area contributed by atoms with E-state index in [1.165, 1.54) is 6.20 Å². The molecule has 0 aliphatic rings. The van der Waals surface area contributed by atoms with Crippen LogP contribution in [0.4, 0.5) is 5.82 Å². The van der Waals surface area contributed by atoms with Crippen molar-refractivity contribution in [1.29, 1.82) is 5.41 Å². The number of carbonyl (C=O) groups is 1. The third-order valence-electron chi connectivity index (χ3n) is 3.46. The van der Waals surface area contributed by atoms with E-state index in [1.807, 2.05) is 13.0 Å². The number of anilines is 1. The first kappa shape index (κ1) is 15.6. The fourth-order valence-electron chi connectivity index (χ4n) is 2.10. The number of pyridine rings is 2. The number of nitrogens with zero attached hydrogens (tertiary/aromatic N) is 3. The van der Waals surface area contributed by atoms with Crippen LogP contribution in [0.2, 0.25) is 0 Å². The fourth-order valence-corrected chi connectivity index (χ4v) is 2.10. The van der Waals surface area contributed by atoms with Gasteiger partial charge in [-0.2, -0.15) is 0 Å². The molecule has 0 radical (unpaired) electrons. The van der Waals surface area contributed by atoms with Gasteiger partial charge in [0, 0.05) is 36.8 Å². The van der Waals surface area contributed by atoms with Gasteiger partial charge in [-0.15, -0.1) is 0 Å². The Hall–Kier alpha value is -2.76. The normalized spacial score (nSPS) is 10.3. The summed E-state index contributed by atoms with van der Waals surface area (Å²) in [5.74, 6) is 0.138. The van der Waals surface area contributed by atoms with Gasteiger partial charge in [0.05, 0.1) is 11.4 Å². The number of hydrogen-bond donors (Lipinski definition) is 2. The number of rotatable bonds is 4. The number of aromatic nitrogens is 2. The third kappa shape index (κ3) is 3.11. The van der Waals surface area contributed by atoms with Gasteiger partial charge >= 0.3 is 5.97 Å². The predicted octanol–water partition coefficient (Wildman–Crippen LogP) is 2.84. The first-order valence-electron chi connectivity index (χ1n) is 6.90. The number of amidine groups is 1. The molecule has 0 saturated carbocycles. The molecule has 0 bridgehead atoms. The summed E-state index contributed by atoms with van der Waals surface area (Å²) in [4.78, 5) is 21.2. The minimum Gasteiger partial charge on any atom is -0.478 e. The molecule has 114 valence electrons. The number of nitrogens with one attached hydrogen (secondary N) is 1. The van der Waals surface area contributed by atoms with Crippen LogP contribution in [0.1, 0.15) is 29.8 Å². The zero-order valence-electron chi connectivity index (χ0n) is 12.8. The summed E-state index contributed by atoms with van der Waals surface area (Å²) in [5.41, 5.74) is 2.66. The summed E-state index contributed by atoms with van der Waals surface area (Å²) in [7, 11) is 1.80. The summed E-state index contributed by atoms with van der Waals surface area (Å²) in [5, 5.41) is 16.8. The lowest BCUT2D eigenvalue weighted by Crippen LogP contribution is -2.24. The Balaban J connectivity index is 2.48. The van der Waals surface area contributed by atoms with Gasteiger partial charge in [-0.05, 0) is 31.0 Å². The van der Waals surface area contributed by atoms with Crippen LogP contribution in [0, 0.1) is 5.41 Å². The van der Waals surface area contributed by atoms with Crippen molar-refractivity contribution < 1.29 is 9.90 Å². The zero-order chi connectivity index (χ0) is 16.3. The van der Waals surface area contributed by atoms with E-state index in [4.69, 9.17) is 10.5 Å². The molecule has 0 fully saturated rings. The molecule has 2 heterocycles. The molecule has 0 spiro atoms. The third-order valence-corrected chi connectivity index (χ3v) is 3.46. The average molecular weight is 298 g/mol. The molecule has 2 aromatic rings. The van der Waals surface area contributed by atoms with Crippen LogP contribution in [0.25, 0.3) is 11.1 Å². The van der Waals surface area contributed by atoms with Crippen molar-refractivity contribution in [1.82, 2.24) is 9.97 Å². The van der Waals surface area contributed by atoms with E-state index in [2.05, 4.69) is 9.97 Å². The minimum atomic E-state index is -1.01. The Morgan fingerprint density at radius 1 is 1.27 bits per heavy atom. The molecule has 2 aromatic heterocycles. The number of aromatic carboxylic acids is 1. The molecular formula is C16H18N4O2. The molecule has 6 heteroatoms. The van der Waals surface area contributed by atoms with Crippen LogP contribution in [0.3, 0.4) is 0 Å². The molecule has 0 unspecified atom stereocenters. The van der Waals surface area contributed by atoms with E-state index < -0.39 is 5.97 Å². The van der Waals surface area contributed by atoms with Crippen LogP contribution in [-0.4, -0.2) is 33.9 Å². The standard InChI is InChI=1S/C16H18N4O2/c1-4-11-5-13(9-19-15(11)20(3)10(2)17)12-6-14(16(21)22)8-18-7-12/h5-9,17H,4H2,1-3H3,(H,21,22). The molecule has 0 atom stereocenters. The van der Waals surface area contributed by atoms with Gasteiger partial charge in [-0.3, -0.25) is 10.4 Å². The average Bonchev–Trinajstić information content (AvgIpc) is 2.53. The molecule has 0 amide bonds. The largest absolute Gasteiger partial charge is 0.478 e. The lowest BCUT2D eigenvalue weighted by atomic mass is 10.0. The molecule has 0 saturated heterocycles. The van der Waals surface area contributed by atoms with Crippen molar-refractivity contribution in [2.45, 2.75) is 20.3 Å². The van der Waals surface area contributed by atoms with E-state index in [0.717, 1.165) is 23.4 Å². The Labute approximate surface area is 129 Å². The number of hydrogen-bond acceptors (Lipinski definition) is 4. The van der Waals surface area contributed by atoms with Gasteiger partial charge < -0.3 is 10.0 Å². The number of carboxylic acid groups (broad SMARTS) is 1. The molecule has 0 aliphatic carbocycles. The first-order chi connectivity index (χ1) is 10.4. The smallest absolute Gasteiger partial charge is 0.337 e.